The fourth-order valence-electron chi connectivity index (χ4n) is 1.89. The third-order valence-electron chi connectivity index (χ3n) is 2.93. The molecule has 22 heavy (non-hydrogen) atoms. The van der Waals surface area contributed by atoms with Gasteiger partial charge < -0.3 is 9.47 Å². The first-order valence-electron chi connectivity index (χ1n) is 6.93. The van der Waals surface area contributed by atoms with Gasteiger partial charge in [-0.05, 0) is 48.4 Å². The van der Waals surface area contributed by atoms with Gasteiger partial charge in [-0.25, -0.2) is 0 Å². The van der Waals surface area contributed by atoms with Crippen molar-refractivity contribution in [2.24, 2.45) is 0 Å². The average molecular weight is 358 g/mol. The lowest BCUT2D eigenvalue weighted by Crippen LogP contribution is -1.99. The molecule has 0 fully saturated rings. The molecule has 2 aromatic rings. The number of allylic oxidation sites excluding steroid dienone is 1. The SMILES string of the molecule is CCOc1cc(C=CC#N)ccc1OCc1ccc(Br)cc1. The summed E-state index contributed by atoms with van der Waals surface area (Å²) in [6.07, 6.45) is 3.18. The quantitative estimate of drug-likeness (QED) is 0.685. The zero-order valence-corrected chi connectivity index (χ0v) is 13.8. The van der Waals surface area contributed by atoms with Gasteiger partial charge in [0.15, 0.2) is 11.5 Å². The van der Waals surface area contributed by atoms with Crippen LogP contribution in [0.4, 0.5) is 0 Å². The molecule has 4 heteroatoms. The van der Waals surface area contributed by atoms with E-state index in [2.05, 4.69) is 15.9 Å². The summed E-state index contributed by atoms with van der Waals surface area (Å²) in [5.74, 6) is 1.37. The van der Waals surface area contributed by atoms with E-state index in [9.17, 15) is 0 Å². The minimum atomic E-state index is 0.473. The highest BCUT2D eigenvalue weighted by molar-refractivity contribution is 9.10. The molecule has 3 nitrogen and oxygen atoms in total. The van der Waals surface area contributed by atoms with Crippen molar-refractivity contribution < 1.29 is 9.47 Å². The van der Waals surface area contributed by atoms with Gasteiger partial charge >= 0.3 is 0 Å². The van der Waals surface area contributed by atoms with Gasteiger partial charge in [0.2, 0.25) is 0 Å². The van der Waals surface area contributed by atoms with Crippen LogP contribution in [0.15, 0.2) is 53.0 Å². The summed E-state index contributed by atoms with van der Waals surface area (Å²) in [6.45, 7) is 2.96. The summed E-state index contributed by atoms with van der Waals surface area (Å²) in [4.78, 5) is 0. The first-order valence-corrected chi connectivity index (χ1v) is 7.72. The van der Waals surface area contributed by atoms with Gasteiger partial charge in [0.25, 0.3) is 0 Å². The normalized spacial score (nSPS) is 10.4. The molecule has 2 aromatic carbocycles. The van der Waals surface area contributed by atoms with Crippen LogP contribution in [0.25, 0.3) is 6.08 Å². The van der Waals surface area contributed by atoms with E-state index in [1.54, 1.807) is 6.08 Å². The van der Waals surface area contributed by atoms with Gasteiger partial charge in [-0.2, -0.15) is 5.26 Å². The second kappa shape index (κ2) is 8.26. The second-order valence-corrected chi connectivity index (χ2v) is 5.43. The van der Waals surface area contributed by atoms with Crippen LogP contribution >= 0.6 is 15.9 Å². The lowest BCUT2D eigenvalue weighted by atomic mass is 10.2. The Bertz CT molecular complexity index is 687. The summed E-state index contributed by atoms with van der Waals surface area (Å²) in [5.41, 5.74) is 1.99. The predicted molar refractivity (Wildman–Crippen MR) is 90.7 cm³/mol. The van der Waals surface area contributed by atoms with Gasteiger partial charge in [-0.3, -0.25) is 0 Å². The fourth-order valence-corrected chi connectivity index (χ4v) is 2.16. The van der Waals surface area contributed by atoms with E-state index in [0.29, 0.717) is 24.7 Å². The maximum atomic E-state index is 8.59. The van der Waals surface area contributed by atoms with Gasteiger partial charge in [-0.1, -0.05) is 34.1 Å². The van der Waals surface area contributed by atoms with Gasteiger partial charge in [0, 0.05) is 10.5 Å². The van der Waals surface area contributed by atoms with Crippen LogP contribution in [0, 0.1) is 11.3 Å². The van der Waals surface area contributed by atoms with Crippen molar-refractivity contribution in [2.45, 2.75) is 13.5 Å². The lowest BCUT2D eigenvalue weighted by molar-refractivity contribution is 0.269. The third-order valence-corrected chi connectivity index (χ3v) is 3.45. The van der Waals surface area contributed by atoms with Crippen molar-refractivity contribution >= 4 is 22.0 Å². The van der Waals surface area contributed by atoms with Crippen molar-refractivity contribution in [2.75, 3.05) is 6.61 Å². The van der Waals surface area contributed by atoms with Gasteiger partial charge in [0.1, 0.15) is 6.61 Å². The molecule has 0 atom stereocenters. The number of nitrogens with zero attached hydrogens (tertiary/aromatic N) is 1. The number of benzene rings is 2. The molecular weight excluding hydrogens is 342 g/mol. The topological polar surface area (TPSA) is 42.2 Å². The lowest BCUT2D eigenvalue weighted by Gasteiger charge is -2.12. The highest BCUT2D eigenvalue weighted by Gasteiger charge is 2.06. The maximum absolute atomic E-state index is 8.59. The van der Waals surface area contributed by atoms with Crippen LogP contribution in [0.2, 0.25) is 0 Å². The second-order valence-electron chi connectivity index (χ2n) is 4.52. The molecule has 0 saturated carbocycles. The van der Waals surface area contributed by atoms with Crippen molar-refractivity contribution in [3.8, 4) is 17.6 Å². The molecule has 0 unspecified atom stereocenters. The van der Waals surface area contributed by atoms with Gasteiger partial charge in [-0.15, -0.1) is 0 Å². The van der Waals surface area contributed by atoms with E-state index in [4.69, 9.17) is 14.7 Å². The van der Waals surface area contributed by atoms with Crippen molar-refractivity contribution in [1.82, 2.24) is 0 Å². The summed E-state index contributed by atoms with van der Waals surface area (Å²) >= 11 is 3.41. The Morgan fingerprint density at radius 3 is 2.55 bits per heavy atom. The van der Waals surface area contributed by atoms with E-state index < -0.39 is 0 Å². The van der Waals surface area contributed by atoms with Crippen LogP contribution in [0.5, 0.6) is 11.5 Å². The highest BCUT2D eigenvalue weighted by atomic mass is 79.9. The standard InChI is InChI=1S/C18H16BrNO2/c1-2-21-18-12-14(4-3-11-20)7-10-17(18)22-13-15-5-8-16(19)9-6-15/h3-10,12H,2,13H2,1H3. The zero-order chi connectivity index (χ0) is 15.8. The highest BCUT2D eigenvalue weighted by Crippen LogP contribution is 2.29. The maximum Gasteiger partial charge on any atom is 0.161 e. The Morgan fingerprint density at radius 2 is 1.86 bits per heavy atom. The predicted octanol–water partition coefficient (Wildman–Crippen LogP) is 4.96. The Morgan fingerprint density at radius 1 is 1.09 bits per heavy atom. The summed E-state index contributed by atoms with van der Waals surface area (Å²) in [5, 5.41) is 8.59. The van der Waals surface area contributed by atoms with E-state index in [0.717, 1.165) is 15.6 Å². The van der Waals surface area contributed by atoms with Gasteiger partial charge in [0.05, 0.1) is 12.7 Å². The van der Waals surface area contributed by atoms with E-state index >= 15 is 0 Å². The monoisotopic (exact) mass is 357 g/mol. The molecular formula is C18H16BrNO2. The smallest absolute Gasteiger partial charge is 0.161 e. The molecule has 0 N–H and O–H groups in total. The molecule has 0 amide bonds. The Kier molecular flexibility index (Phi) is 6.05. The fraction of sp³-hybridized carbons (Fsp3) is 0.167. The molecule has 0 aliphatic rings. The zero-order valence-electron chi connectivity index (χ0n) is 12.3. The molecule has 0 aliphatic heterocycles. The molecule has 0 bridgehead atoms. The number of ether oxygens (including phenoxy) is 2. The molecule has 0 aromatic heterocycles. The van der Waals surface area contributed by atoms with Crippen LogP contribution in [0.1, 0.15) is 18.1 Å². The molecule has 0 aliphatic carbocycles. The summed E-state index contributed by atoms with van der Waals surface area (Å²) in [6, 6.07) is 15.6. The molecule has 0 saturated heterocycles. The van der Waals surface area contributed by atoms with Crippen molar-refractivity contribution in [1.29, 1.82) is 5.26 Å². The Labute approximate surface area is 138 Å². The van der Waals surface area contributed by atoms with Crippen LogP contribution < -0.4 is 9.47 Å². The average Bonchev–Trinajstić information content (AvgIpc) is 2.54. The molecule has 0 spiro atoms. The Balaban J connectivity index is 2.13. The summed E-state index contributed by atoms with van der Waals surface area (Å²) in [7, 11) is 0. The number of rotatable bonds is 6. The third kappa shape index (κ3) is 4.64. The largest absolute Gasteiger partial charge is 0.490 e. The molecule has 112 valence electrons. The van der Waals surface area contributed by atoms with Crippen LogP contribution in [0.3, 0.4) is 0 Å². The molecule has 0 heterocycles. The number of hydrogen-bond donors (Lipinski definition) is 0. The Hall–Kier alpha value is -2.25. The van der Waals surface area contributed by atoms with Crippen molar-refractivity contribution in [3.05, 3.63) is 64.1 Å². The van der Waals surface area contributed by atoms with E-state index in [1.165, 1.54) is 6.08 Å². The van der Waals surface area contributed by atoms with Crippen LogP contribution in [-0.2, 0) is 6.61 Å². The number of halogens is 1. The van der Waals surface area contributed by atoms with Crippen LogP contribution in [-0.4, -0.2) is 6.61 Å². The number of hydrogen-bond acceptors (Lipinski definition) is 3. The minimum Gasteiger partial charge on any atom is -0.490 e. The van der Waals surface area contributed by atoms with E-state index in [1.807, 2.05) is 55.5 Å². The summed E-state index contributed by atoms with van der Waals surface area (Å²) < 4.78 is 12.5. The molecule has 0 radical (unpaired) electrons. The molecule has 2 rings (SSSR count). The number of nitriles is 1. The van der Waals surface area contributed by atoms with E-state index in [-0.39, 0.29) is 0 Å². The minimum absolute atomic E-state index is 0.473. The first kappa shape index (κ1) is 16.1. The van der Waals surface area contributed by atoms with Crippen molar-refractivity contribution in [3.63, 3.8) is 0 Å². The first-order chi connectivity index (χ1) is 10.7.